The van der Waals surface area contributed by atoms with Crippen LogP contribution in [0.5, 0.6) is 5.75 Å². The van der Waals surface area contributed by atoms with Crippen LogP contribution in [0, 0.1) is 11.8 Å². The fraction of sp³-hybridized carbons (Fsp3) is 0.444. The van der Waals surface area contributed by atoms with Crippen molar-refractivity contribution in [3.63, 3.8) is 0 Å². The van der Waals surface area contributed by atoms with Gasteiger partial charge >= 0.3 is 0 Å². The van der Waals surface area contributed by atoms with Crippen molar-refractivity contribution in [2.75, 3.05) is 19.7 Å². The molecule has 1 aliphatic carbocycles. The molecule has 2 aliphatic heterocycles. The van der Waals surface area contributed by atoms with Crippen LogP contribution in [0.15, 0.2) is 52.0 Å². The minimum atomic E-state index is -0.0332. The molecule has 1 aromatic heterocycles. The van der Waals surface area contributed by atoms with Crippen LogP contribution in [-0.4, -0.2) is 47.2 Å². The minimum absolute atomic E-state index is 0.0332. The number of benzene rings is 2. The highest BCUT2D eigenvalue weighted by Gasteiger charge is 2.37. The number of amides is 1. The SMILES string of the molecule is CCC1CC(=O)NN=C1c1ccc2nc(-c3ccc(OCCN4CC5CCC4C5)cc3)oc2c1. The number of rotatable bonds is 7. The van der Waals surface area contributed by atoms with E-state index in [-0.39, 0.29) is 11.8 Å². The number of ether oxygens (including phenoxy) is 1. The number of likely N-dealkylation sites (tertiary alicyclic amines) is 1. The smallest absolute Gasteiger partial charge is 0.240 e. The molecule has 3 aromatic rings. The number of fused-ring (bicyclic) bond motifs is 3. The number of aromatic nitrogens is 1. The molecule has 3 aliphatic rings. The third kappa shape index (κ3) is 4.09. The normalized spacial score (nSPS) is 24.4. The van der Waals surface area contributed by atoms with Gasteiger partial charge in [-0.2, -0.15) is 5.10 Å². The molecule has 0 radical (unpaired) electrons. The maximum Gasteiger partial charge on any atom is 0.240 e. The van der Waals surface area contributed by atoms with Crippen molar-refractivity contribution in [3.8, 4) is 17.2 Å². The van der Waals surface area contributed by atoms with E-state index < -0.39 is 0 Å². The fourth-order valence-corrected chi connectivity index (χ4v) is 5.70. The molecule has 176 valence electrons. The van der Waals surface area contributed by atoms with Gasteiger partial charge in [-0.25, -0.2) is 10.4 Å². The Kier molecular flexibility index (Phi) is 5.57. The fourth-order valence-electron chi connectivity index (χ4n) is 5.70. The van der Waals surface area contributed by atoms with Gasteiger partial charge in [-0.3, -0.25) is 9.69 Å². The number of nitrogens with one attached hydrogen (secondary N) is 1. The second-order valence-corrected chi connectivity index (χ2v) is 9.74. The number of oxazole rings is 1. The van der Waals surface area contributed by atoms with E-state index in [1.807, 2.05) is 42.5 Å². The molecule has 3 heterocycles. The molecule has 0 spiro atoms. The van der Waals surface area contributed by atoms with Gasteiger partial charge in [0, 0.05) is 42.6 Å². The molecule has 7 heteroatoms. The topological polar surface area (TPSA) is 80.0 Å². The predicted molar refractivity (Wildman–Crippen MR) is 131 cm³/mol. The highest BCUT2D eigenvalue weighted by molar-refractivity contribution is 6.07. The average molecular weight is 459 g/mol. The van der Waals surface area contributed by atoms with Gasteiger partial charge in [-0.05, 0) is 68.0 Å². The third-order valence-electron chi connectivity index (χ3n) is 7.57. The monoisotopic (exact) mass is 458 g/mol. The maximum absolute atomic E-state index is 11.7. The molecule has 7 nitrogen and oxygen atoms in total. The summed E-state index contributed by atoms with van der Waals surface area (Å²) >= 11 is 0. The summed E-state index contributed by atoms with van der Waals surface area (Å²) in [5.74, 6) is 2.45. The number of hydrazone groups is 1. The lowest BCUT2D eigenvalue weighted by Gasteiger charge is -2.26. The zero-order chi connectivity index (χ0) is 23.1. The van der Waals surface area contributed by atoms with E-state index >= 15 is 0 Å². The summed E-state index contributed by atoms with van der Waals surface area (Å²) in [6, 6.07) is 14.6. The molecule has 2 fully saturated rings. The third-order valence-corrected chi connectivity index (χ3v) is 7.57. The van der Waals surface area contributed by atoms with Gasteiger partial charge in [0.2, 0.25) is 11.8 Å². The van der Waals surface area contributed by atoms with Crippen LogP contribution in [0.25, 0.3) is 22.6 Å². The first-order chi connectivity index (χ1) is 16.7. The first kappa shape index (κ1) is 21.4. The van der Waals surface area contributed by atoms with Crippen LogP contribution < -0.4 is 10.2 Å². The van der Waals surface area contributed by atoms with Gasteiger partial charge in [-0.15, -0.1) is 0 Å². The van der Waals surface area contributed by atoms with Crippen LogP contribution in [0.4, 0.5) is 0 Å². The van der Waals surface area contributed by atoms with E-state index in [2.05, 4.69) is 27.3 Å². The molecular weight excluding hydrogens is 428 g/mol. The Morgan fingerprint density at radius 2 is 2.00 bits per heavy atom. The van der Waals surface area contributed by atoms with Crippen LogP contribution in [0.1, 0.15) is 44.6 Å². The summed E-state index contributed by atoms with van der Waals surface area (Å²) in [7, 11) is 0. The van der Waals surface area contributed by atoms with Crippen molar-refractivity contribution in [2.45, 2.75) is 45.1 Å². The van der Waals surface area contributed by atoms with Crippen molar-refractivity contribution < 1.29 is 13.9 Å². The van der Waals surface area contributed by atoms with Crippen molar-refractivity contribution in [3.05, 3.63) is 48.0 Å². The van der Waals surface area contributed by atoms with E-state index in [0.29, 0.717) is 17.9 Å². The molecule has 34 heavy (non-hydrogen) atoms. The van der Waals surface area contributed by atoms with E-state index in [1.165, 1.54) is 25.8 Å². The first-order valence-electron chi connectivity index (χ1n) is 12.4. The molecule has 3 atom stereocenters. The average Bonchev–Trinajstić information content (AvgIpc) is 3.60. The highest BCUT2D eigenvalue weighted by atomic mass is 16.5. The number of nitrogens with zero attached hydrogens (tertiary/aromatic N) is 3. The van der Waals surface area contributed by atoms with Crippen molar-refractivity contribution >= 4 is 22.7 Å². The maximum atomic E-state index is 11.7. The Labute approximate surface area is 199 Å². The van der Waals surface area contributed by atoms with E-state index in [4.69, 9.17) is 9.15 Å². The van der Waals surface area contributed by atoms with Crippen molar-refractivity contribution in [1.82, 2.24) is 15.3 Å². The van der Waals surface area contributed by atoms with Crippen molar-refractivity contribution in [1.29, 1.82) is 0 Å². The lowest BCUT2D eigenvalue weighted by atomic mass is 9.90. The Bertz CT molecular complexity index is 1230. The number of carbonyl (C=O) groups excluding carboxylic acids is 1. The van der Waals surface area contributed by atoms with Gasteiger partial charge in [0.05, 0.1) is 5.71 Å². The van der Waals surface area contributed by atoms with E-state index in [0.717, 1.165) is 59.6 Å². The zero-order valence-electron chi connectivity index (χ0n) is 19.5. The second-order valence-electron chi connectivity index (χ2n) is 9.74. The Balaban J connectivity index is 1.13. The van der Waals surface area contributed by atoms with Gasteiger partial charge in [0.1, 0.15) is 17.9 Å². The van der Waals surface area contributed by atoms with Crippen LogP contribution >= 0.6 is 0 Å². The van der Waals surface area contributed by atoms with Gasteiger partial charge in [-0.1, -0.05) is 13.0 Å². The molecule has 6 rings (SSSR count). The summed E-state index contributed by atoms with van der Waals surface area (Å²) in [5.41, 5.74) is 6.88. The molecular formula is C27H30N4O3. The Morgan fingerprint density at radius 1 is 1.15 bits per heavy atom. The summed E-state index contributed by atoms with van der Waals surface area (Å²) in [6.07, 6.45) is 5.47. The molecule has 3 unspecified atom stereocenters. The van der Waals surface area contributed by atoms with Gasteiger partial charge in [0.15, 0.2) is 5.58 Å². The summed E-state index contributed by atoms with van der Waals surface area (Å²) in [5, 5.41) is 4.31. The molecule has 1 saturated carbocycles. The number of hydrogen-bond donors (Lipinski definition) is 1. The summed E-state index contributed by atoms with van der Waals surface area (Å²) < 4.78 is 12.1. The zero-order valence-corrected chi connectivity index (χ0v) is 19.5. The molecule has 1 N–H and O–H groups in total. The predicted octanol–water partition coefficient (Wildman–Crippen LogP) is 4.61. The first-order valence-corrected chi connectivity index (χ1v) is 12.4. The van der Waals surface area contributed by atoms with Crippen LogP contribution in [0.2, 0.25) is 0 Å². The van der Waals surface area contributed by atoms with E-state index in [9.17, 15) is 4.79 Å². The summed E-state index contributed by atoms with van der Waals surface area (Å²) in [6.45, 7) is 5.04. The largest absolute Gasteiger partial charge is 0.492 e. The number of carbonyl (C=O) groups is 1. The van der Waals surface area contributed by atoms with Crippen LogP contribution in [-0.2, 0) is 4.79 Å². The Morgan fingerprint density at radius 3 is 2.76 bits per heavy atom. The molecule has 1 amide bonds. The highest BCUT2D eigenvalue weighted by Crippen LogP contribution is 2.37. The molecule has 2 bridgehead atoms. The lowest BCUT2D eigenvalue weighted by molar-refractivity contribution is -0.122. The molecule has 1 saturated heterocycles. The summed E-state index contributed by atoms with van der Waals surface area (Å²) in [4.78, 5) is 18.9. The minimum Gasteiger partial charge on any atom is -0.492 e. The van der Waals surface area contributed by atoms with E-state index in [1.54, 1.807) is 0 Å². The Hall–Kier alpha value is -3.19. The lowest BCUT2D eigenvalue weighted by Crippen LogP contribution is -2.35. The van der Waals surface area contributed by atoms with Crippen molar-refractivity contribution in [2.24, 2.45) is 16.9 Å². The molecule has 2 aromatic carbocycles. The van der Waals surface area contributed by atoms with Gasteiger partial charge in [0.25, 0.3) is 0 Å². The quantitative estimate of drug-likeness (QED) is 0.559. The van der Waals surface area contributed by atoms with Crippen LogP contribution in [0.3, 0.4) is 0 Å². The number of piperidine rings is 1. The second kappa shape index (κ2) is 8.87. The van der Waals surface area contributed by atoms with Gasteiger partial charge < -0.3 is 9.15 Å². The number of hydrogen-bond acceptors (Lipinski definition) is 6. The standard InChI is InChI=1S/C27H30N4O3/c1-2-18-15-25(32)29-30-26(18)20-6-10-23-24(14-20)34-27(28-23)19-4-8-22(9-5-19)33-12-11-31-16-17-3-7-21(31)13-17/h4-6,8-10,14,17-18,21H,2-3,7,11-13,15-16H2,1H3,(H,29,32).